The van der Waals surface area contributed by atoms with Crippen molar-refractivity contribution >= 4 is 12.1 Å². The van der Waals surface area contributed by atoms with Crippen molar-refractivity contribution in [1.82, 2.24) is 4.90 Å². The molecule has 2 saturated heterocycles. The maximum atomic E-state index is 12.0. The molecule has 2 aliphatic rings. The fraction of sp³-hybridized carbons (Fsp3) is 0.867. The summed E-state index contributed by atoms with van der Waals surface area (Å²) >= 11 is 0. The molecule has 0 aromatic carbocycles. The van der Waals surface area contributed by atoms with Gasteiger partial charge in [0.1, 0.15) is 5.60 Å². The summed E-state index contributed by atoms with van der Waals surface area (Å²) in [5.41, 5.74) is -0.589. The number of carboxylic acids is 1. The molecule has 0 bridgehead atoms. The van der Waals surface area contributed by atoms with Gasteiger partial charge in [0.25, 0.3) is 0 Å². The van der Waals surface area contributed by atoms with Crippen molar-refractivity contribution < 1.29 is 24.2 Å². The van der Waals surface area contributed by atoms with E-state index in [-0.39, 0.29) is 11.5 Å². The van der Waals surface area contributed by atoms with Crippen LogP contribution in [0.3, 0.4) is 0 Å². The number of likely N-dealkylation sites (tertiary alicyclic amines) is 1. The first-order chi connectivity index (χ1) is 9.71. The third kappa shape index (κ3) is 4.09. The maximum absolute atomic E-state index is 12.0. The van der Waals surface area contributed by atoms with Gasteiger partial charge in [-0.05, 0) is 45.4 Å². The highest BCUT2D eigenvalue weighted by Gasteiger charge is 2.43. The molecule has 2 fully saturated rings. The van der Waals surface area contributed by atoms with E-state index in [2.05, 4.69) is 0 Å². The highest BCUT2D eigenvalue weighted by Crippen LogP contribution is 2.41. The first kappa shape index (κ1) is 16.1. The quantitative estimate of drug-likeness (QED) is 0.802. The molecule has 0 saturated carbocycles. The van der Waals surface area contributed by atoms with Crippen molar-refractivity contribution in [2.45, 2.75) is 45.6 Å². The Kier molecular flexibility index (Phi) is 4.46. The summed E-state index contributed by atoms with van der Waals surface area (Å²) in [5.74, 6) is -1.21. The number of carboxylic acid groups (broad SMARTS) is 1. The van der Waals surface area contributed by atoms with Gasteiger partial charge in [-0.25, -0.2) is 4.79 Å². The minimum Gasteiger partial charge on any atom is -0.481 e. The minimum absolute atomic E-state index is 0.0974. The number of hydrogen-bond donors (Lipinski definition) is 1. The molecule has 0 aliphatic carbocycles. The van der Waals surface area contributed by atoms with Crippen LogP contribution in [0, 0.1) is 11.3 Å². The van der Waals surface area contributed by atoms with E-state index in [9.17, 15) is 9.59 Å². The van der Waals surface area contributed by atoms with Crippen LogP contribution in [0.5, 0.6) is 0 Å². The molecule has 2 aliphatic heterocycles. The van der Waals surface area contributed by atoms with E-state index < -0.39 is 17.5 Å². The molecule has 1 atom stereocenters. The van der Waals surface area contributed by atoms with Crippen molar-refractivity contribution in [2.24, 2.45) is 11.3 Å². The normalized spacial score (nSPS) is 25.7. The number of carbonyl (C=O) groups is 2. The lowest BCUT2D eigenvalue weighted by Gasteiger charge is -2.45. The van der Waals surface area contributed by atoms with Crippen LogP contribution in [0.25, 0.3) is 0 Å². The maximum Gasteiger partial charge on any atom is 0.410 e. The van der Waals surface area contributed by atoms with E-state index in [0.717, 1.165) is 12.8 Å². The molecule has 2 heterocycles. The van der Waals surface area contributed by atoms with E-state index in [0.29, 0.717) is 32.7 Å². The van der Waals surface area contributed by atoms with Gasteiger partial charge in [0, 0.05) is 13.1 Å². The molecule has 0 aromatic heterocycles. The summed E-state index contributed by atoms with van der Waals surface area (Å²) in [6, 6.07) is 0. The Balaban J connectivity index is 1.90. The van der Waals surface area contributed by atoms with E-state index >= 15 is 0 Å². The number of ether oxygens (including phenoxy) is 2. The molecule has 0 aromatic rings. The summed E-state index contributed by atoms with van der Waals surface area (Å²) in [7, 11) is 0. The van der Waals surface area contributed by atoms with Gasteiger partial charge in [-0.1, -0.05) is 0 Å². The fourth-order valence-electron chi connectivity index (χ4n) is 3.06. The van der Waals surface area contributed by atoms with E-state index in [1.165, 1.54) is 0 Å². The molecular formula is C15H25NO5. The number of nitrogens with zero attached hydrogens (tertiary/aromatic N) is 1. The number of hydrogen-bond acceptors (Lipinski definition) is 4. The Morgan fingerprint density at radius 1 is 1.29 bits per heavy atom. The predicted octanol–water partition coefficient (Wildman–Crippen LogP) is 2.12. The number of carbonyl (C=O) groups excluding carboxylic acids is 1. The summed E-state index contributed by atoms with van der Waals surface area (Å²) < 4.78 is 10.9. The lowest BCUT2D eigenvalue weighted by molar-refractivity contribution is -0.153. The Morgan fingerprint density at radius 3 is 2.43 bits per heavy atom. The molecule has 1 N–H and O–H groups in total. The molecular weight excluding hydrogens is 274 g/mol. The van der Waals surface area contributed by atoms with Crippen molar-refractivity contribution in [3.8, 4) is 0 Å². The highest BCUT2D eigenvalue weighted by atomic mass is 16.6. The average molecular weight is 299 g/mol. The summed E-state index contributed by atoms with van der Waals surface area (Å²) in [6.45, 7) is 7.65. The lowest BCUT2D eigenvalue weighted by atomic mass is 9.71. The van der Waals surface area contributed by atoms with Crippen molar-refractivity contribution in [3.05, 3.63) is 0 Å². The Bertz CT molecular complexity index is 407. The van der Waals surface area contributed by atoms with Gasteiger partial charge in [-0.15, -0.1) is 0 Å². The van der Waals surface area contributed by atoms with Gasteiger partial charge in [-0.2, -0.15) is 0 Å². The van der Waals surface area contributed by atoms with Gasteiger partial charge in [0.05, 0.1) is 19.1 Å². The van der Waals surface area contributed by atoms with Crippen LogP contribution in [0.1, 0.15) is 40.0 Å². The van der Waals surface area contributed by atoms with E-state index in [1.54, 1.807) is 4.90 Å². The van der Waals surface area contributed by atoms with Crippen LogP contribution in [0.15, 0.2) is 0 Å². The second-order valence-corrected chi connectivity index (χ2v) is 7.22. The second kappa shape index (κ2) is 5.83. The van der Waals surface area contributed by atoms with Crippen molar-refractivity contribution in [3.63, 3.8) is 0 Å². The summed E-state index contributed by atoms with van der Waals surface area (Å²) in [5, 5.41) is 9.16. The molecule has 1 amide bonds. The second-order valence-electron chi connectivity index (χ2n) is 7.22. The zero-order valence-corrected chi connectivity index (χ0v) is 13.1. The lowest BCUT2D eigenvalue weighted by Crippen LogP contribution is -2.49. The van der Waals surface area contributed by atoms with Crippen LogP contribution in [0.4, 0.5) is 4.79 Å². The van der Waals surface area contributed by atoms with Gasteiger partial charge in [-0.3, -0.25) is 4.79 Å². The van der Waals surface area contributed by atoms with Gasteiger partial charge >= 0.3 is 12.1 Å². The number of piperidine rings is 1. The van der Waals surface area contributed by atoms with Crippen LogP contribution in [-0.4, -0.2) is 54.0 Å². The third-order valence-corrected chi connectivity index (χ3v) is 4.23. The van der Waals surface area contributed by atoms with E-state index in [1.807, 2.05) is 20.8 Å². The average Bonchev–Trinajstić information content (AvgIpc) is 2.37. The third-order valence-electron chi connectivity index (χ3n) is 4.23. The summed E-state index contributed by atoms with van der Waals surface area (Å²) in [6.07, 6.45) is 1.90. The SMILES string of the molecule is CC(C)(C)OC(=O)N1CCC2(CC1)COCC(C(=O)O)C2. The standard InChI is InChI=1S/C15H25NO5/c1-14(2,3)21-13(19)16-6-4-15(5-7-16)8-11(12(17)18)9-20-10-15/h11H,4-10H2,1-3H3,(H,17,18). The Morgan fingerprint density at radius 2 is 1.90 bits per heavy atom. The van der Waals surface area contributed by atoms with Gasteiger partial charge in [0.15, 0.2) is 0 Å². The van der Waals surface area contributed by atoms with Gasteiger partial charge in [0.2, 0.25) is 0 Å². The molecule has 1 spiro atoms. The predicted molar refractivity (Wildman–Crippen MR) is 76.0 cm³/mol. The zero-order valence-electron chi connectivity index (χ0n) is 13.1. The smallest absolute Gasteiger partial charge is 0.410 e. The number of aliphatic carboxylic acids is 1. The molecule has 0 radical (unpaired) electrons. The van der Waals surface area contributed by atoms with Crippen LogP contribution >= 0.6 is 0 Å². The van der Waals surface area contributed by atoms with Gasteiger partial charge < -0.3 is 19.5 Å². The minimum atomic E-state index is -0.788. The fourth-order valence-corrected chi connectivity index (χ4v) is 3.06. The molecule has 21 heavy (non-hydrogen) atoms. The molecule has 1 unspecified atom stereocenters. The van der Waals surface area contributed by atoms with Crippen molar-refractivity contribution in [2.75, 3.05) is 26.3 Å². The number of rotatable bonds is 1. The zero-order chi connectivity index (χ0) is 15.7. The molecule has 6 nitrogen and oxygen atoms in total. The first-order valence-corrected chi connectivity index (χ1v) is 7.49. The topological polar surface area (TPSA) is 76.1 Å². The molecule has 6 heteroatoms. The highest BCUT2D eigenvalue weighted by molar-refractivity contribution is 5.70. The molecule has 2 rings (SSSR count). The van der Waals surface area contributed by atoms with Crippen molar-refractivity contribution in [1.29, 1.82) is 0 Å². The first-order valence-electron chi connectivity index (χ1n) is 7.49. The number of amides is 1. The molecule has 120 valence electrons. The Hall–Kier alpha value is -1.30. The van der Waals surface area contributed by atoms with Crippen LogP contribution in [-0.2, 0) is 14.3 Å². The monoisotopic (exact) mass is 299 g/mol. The van der Waals surface area contributed by atoms with Crippen LogP contribution in [0.2, 0.25) is 0 Å². The Labute approximate surface area is 125 Å². The van der Waals surface area contributed by atoms with Crippen LogP contribution < -0.4 is 0 Å². The van der Waals surface area contributed by atoms with E-state index in [4.69, 9.17) is 14.6 Å². The largest absolute Gasteiger partial charge is 0.481 e. The summed E-state index contributed by atoms with van der Waals surface area (Å²) in [4.78, 5) is 24.9.